The fourth-order valence-electron chi connectivity index (χ4n) is 2.69. The SMILES string of the molecule is O=C(O)[C@H](Cc1ccccc1)Nc1cccc(-c2ccc(O)cc2)c1. The van der Waals surface area contributed by atoms with E-state index in [0.717, 1.165) is 22.4 Å². The second kappa shape index (κ2) is 7.53. The molecule has 3 N–H and O–H groups in total. The third-order valence-corrected chi connectivity index (χ3v) is 3.98. The van der Waals surface area contributed by atoms with Crippen molar-refractivity contribution in [1.82, 2.24) is 0 Å². The zero-order valence-electron chi connectivity index (χ0n) is 13.6. The zero-order valence-corrected chi connectivity index (χ0v) is 13.6. The molecule has 1 atom stereocenters. The first kappa shape index (κ1) is 16.6. The van der Waals surface area contributed by atoms with Gasteiger partial charge in [-0.05, 0) is 41.0 Å². The molecule has 4 heteroatoms. The van der Waals surface area contributed by atoms with Gasteiger partial charge < -0.3 is 15.5 Å². The third-order valence-electron chi connectivity index (χ3n) is 3.98. The van der Waals surface area contributed by atoms with Crippen LogP contribution in [0.3, 0.4) is 0 Å². The maximum Gasteiger partial charge on any atom is 0.326 e. The number of nitrogens with one attached hydrogen (secondary N) is 1. The van der Waals surface area contributed by atoms with Crippen LogP contribution >= 0.6 is 0 Å². The highest BCUT2D eigenvalue weighted by atomic mass is 16.4. The summed E-state index contributed by atoms with van der Waals surface area (Å²) < 4.78 is 0. The number of benzene rings is 3. The first-order chi connectivity index (χ1) is 12.1. The van der Waals surface area contributed by atoms with Crippen LogP contribution in [0.5, 0.6) is 5.75 Å². The summed E-state index contributed by atoms with van der Waals surface area (Å²) in [6, 6.07) is 23.4. The first-order valence-corrected chi connectivity index (χ1v) is 8.04. The lowest BCUT2D eigenvalue weighted by atomic mass is 10.0. The van der Waals surface area contributed by atoms with Crippen molar-refractivity contribution in [2.45, 2.75) is 12.5 Å². The molecule has 4 nitrogen and oxygen atoms in total. The van der Waals surface area contributed by atoms with Crippen LogP contribution in [-0.2, 0) is 11.2 Å². The van der Waals surface area contributed by atoms with Gasteiger partial charge in [0.2, 0.25) is 0 Å². The minimum Gasteiger partial charge on any atom is -0.508 e. The van der Waals surface area contributed by atoms with Gasteiger partial charge in [0.25, 0.3) is 0 Å². The molecule has 0 radical (unpaired) electrons. The van der Waals surface area contributed by atoms with Crippen molar-refractivity contribution in [1.29, 1.82) is 0 Å². The Balaban J connectivity index is 1.79. The number of carboxylic acids is 1. The number of aromatic hydroxyl groups is 1. The minimum absolute atomic E-state index is 0.215. The largest absolute Gasteiger partial charge is 0.508 e. The van der Waals surface area contributed by atoms with Gasteiger partial charge in [0.05, 0.1) is 0 Å². The summed E-state index contributed by atoms with van der Waals surface area (Å²) in [6.45, 7) is 0. The van der Waals surface area contributed by atoms with Gasteiger partial charge in [-0.2, -0.15) is 0 Å². The summed E-state index contributed by atoms with van der Waals surface area (Å²) in [5, 5.41) is 22.0. The van der Waals surface area contributed by atoms with Gasteiger partial charge in [-0.3, -0.25) is 0 Å². The Hall–Kier alpha value is -3.27. The molecule has 0 fully saturated rings. The van der Waals surface area contributed by atoms with E-state index in [1.54, 1.807) is 12.1 Å². The molecule has 0 amide bonds. The highest BCUT2D eigenvalue weighted by molar-refractivity contribution is 5.78. The van der Waals surface area contributed by atoms with Crippen molar-refractivity contribution in [3.05, 3.63) is 84.4 Å². The summed E-state index contributed by atoms with van der Waals surface area (Å²) in [7, 11) is 0. The number of hydrogen-bond donors (Lipinski definition) is 3. The number of rotatable bonds is 6. The van der Waals surface area contributed by atoms with Crippen LogP contribution in [0.1, 0.15) is 5.56 Å². The first-order valence-electron chi connectivity index (χ1n) is 8.04. The van der Waals surface area contributed by atoms with E-state index in [0.29, 0.717) is 6.42 Å². The Morgan fingerprint density at radius 2 is 1.60 bits per heavy atom. The van der Waals surface area contributed by atoms with Crippen molar-refractivity contribution >= 4 is 11.7 Å². The molecule has 0 aliphatic heterocycles. The van der Waals surface area contributed by atoms with E-state index in [-0.39, 0.29) is 5.75 Å². The van der Waals surface area contributed by atoms with Crippen molar-refractivity contribution in [3.63, 3.8) is 0 Å². The van der Waals surface area contributed by atoms with E-state index in [9.17, 15) is 15.0 Å². The maximum atomic E-state index is 11.6. The maximum absolute atomic E-state index is 11.6. The fourth-order valence-corrected chi connectivity index (χ4v) is 2.69. The highest BCUT2D eigenvalue weighted by Crippen LogP contribution is 2.25. The molecule has 0 aliphatic carbocycles. The molecule has 0 saturated carbocycles. The number of carboxylic acid groups (broad SMARTS) is 1. The van der Waals surface area contributed by atoms with Crippen LogP contribution in [0.2, 0.25) is 0 Å². The van der Waals surface area contributed by atoms with Crippen molar-refractivity contribution in [2.75, 3.05) is 5.32 Å². The van der Waals surface area contributed by atoms with Crippen molar-refractivity contribution in [2.24, 2.45) is 0 Å². The van der Waals surface area contributed by atoms with Gasteiger partial charge in [-0.25, -0.2) is 4.79 Å². The van der Waals surface area contributed by atoms with Gasteiger partial charge in [0.15, 0.2) is 0 Å². The average Bonchev–Trinajstić information content (AvgIpc) is 2.63. The van der Waals surface area contributed by atoms with Gasteiger partial charge in [-0.15, -0.1) is 0 Å². The lowest BCUT2D eigenvalue weighted by molar-refractivity contribution is -0.137. The van der Waals surface area contributed by atoms with Crippen LogP contribution in [0.4, 0.5) is 5.69 Å². The number of hydrogen-bond acceptors (Lipinski definition) is 3. The molecular formula is C21H19NO3. The number of aliphatic carboxylic acids is 1. The fraction of sp³-hybridized carbons (Fsp3) is 0.0952. The molecule has 0 aromatic heterocycles. The van der Waals surface area contributed by atoms with Crippen LogP contribution in [0, 0.1) is 0 Å². The molecule has 3 rings (SSSR count). The number of phenols is 1. The molecule has 0 saturated heterocycles. The second-order valence-electron chi connectivity index (χ2n) is 5.85. The standard InChI is InChI=1S/C21H19NO3/c23-19-11-9-16(10-12-19)17-7-4-8-18(14-17)22-20(21(24)25)13-15-5-2-1-3-6-15/h1-12,14,20,22-23H,13H2,(H,24,25)/t20-/m0/s1. The molecule has 0 bridgehead atoms. The Kier molecular flexibility index (Phi) is 5.00. The summed E-state index contributed by atoms with van der Waals surface area (Å²) in [4.78, 5) is 11.6. The van der Waals surface area contributed by atoms with Gasteiger partial charge >= 0.3 is 5.97 Å². The van der Waals surface area contributed by atoms with E-state index >= 15 is 0 Å². The van der Waals surface area contributed by atoms with Crippen LogP contribution in [0.15, 0.2) is 78.9 Å². The van der Waals surface area contributed by atoms with Gasteiger partial charge in [0.1, 0.15) is 11.8 Å². The van der Waals surface area contributed by atoms with E-state index in [4.69, 9.17) is 0 Å². The molecular weight excluding hydrogens is 314 g/mol. The molecule has 126 valence electrons. The molecule has 25 heavy (non-hydrogen) atoms. The lowest BCUT2D eigenvalue weighted by Crippen LogP contribution is -2.31. The normalized spacial score (nSPS) is 11.7. The molecule has 3 aromatic rings. The summed E-state index contributed by atoms with van der Waals surface area (Å²) >= 11 is 0. The molecule has 0 aliphatic rings. The monoisotopic (exact) mass is 333 g/mol. The topological polar surface area (TPSA) is 69.6 Å². The Morgan fingerprint density at radius 1 is 0.880 bits per heavy atom. The Labute approximate surface area is 146 Å². The third kappa shape index (κ3) is 4.38. The van der Waals surface area contributed by atoms with E-state index < -0.39 is 12.0 Å². The molecule has 3 aromatic carbocycles. The smallest absolute Gasteiger partial charge is 0.326 e. The predicted octanol–water partition coefficient (Wildman–Crippen LogP) is 4.17. The molecule has 0 spiro atoms. The van der Waals surface area contributed by atoms with Crippen LogP contribution in [-0.4, -0.2) is 22.2 Å². The summed E-state index contributed by atoms with van der Waals surface area (Å²) in [6.07, 6.45) is 0.402. The lowest BCUT2D eigenvalue weighted by Gasteiger charge is -2.16. The molecule has 0 heterocycles. The van der Waals surface area contributed by atoms with Crippen LogP contribution in [0.25, 0.3) is 11.1 Å². The van der Waals surface area contributed by atoms with Gasteiger partial charge in [-0.1, -0.05) is 54.6 Å². The quantitative estimate of drug-likeness (QED) is 0.633. The second-order valence-corrected chi connectivity index (χ2v) is 5.85. The van der Waals surface area contributed by atoms with Crippen molar-refractivity contribution in [3.8, 4) is 16.9 Å². The average molecular weight is 333 g/mol. The molecule has 0 unspecified atom stereocenters. The van der Waals surface area contributed by atoms with E-state index in [2.05, 4.69) is 5.32 Å². The van der Waals surface area contributed by atoms with E-state index in [1.165, 1.54) is 0 Å². The predicted molar refractivity (Wildman–Crippen MR) is 98.7 cm³/mol. The zero-order chi connectivity index (χ0) is 17.6. The van der Waals surface area contributed by atoms with Crippen molar-refractivity contribution < 1.29 is 15.0 Å². The van der Waals surface area contributed by atoms with Gasteiger partial charge in [0, 0.05) is 12.1 Å². The van der Waals surface area contributed by atoms with Crippen LogP contribution < -0.4 is 5.32 Å². The minimum atomic E-state index is -0.890. The summed E-state index contributed by atoms with van der Waals surface area (Å²) in [5.41, 5.74) is 3.62. The summed E-state index contributed by atoms with van der Waals surface area (Å²) in [5.74, 6) is -0.675. The Bertz CT molecular complexity index is 845. The van der Waals surface area contributed by atoms with E-state index in [1.807, 2.05) is 66.7 Å². The number of anilines is 1. The number of carbonyl (C=O) groups is 1. The number of phenolic OH excluding ortho intramolecular Hbond substituents is 1. The highest BCUT2D eigenvalue weighted by Gasteiger charge is 2.17. The Morgan fingerprint density at radius 3 is 2.28 bits per heavy atom.